The van der Waals surface area contributed by atoms with Crippen molar-refractivity contribution in [1.29, 1.82) is 0 Å². The molecule has 0 amide bonds. The molecule has 0 fully saturated rings. The maximum absolute atomic E-state index is 12.0. The molecule has 0 aromatic heterocycles. The quantitative estimate of drug-likeness (QED) is 0.689. The molecule has 4 nitrogen and oxygen atoms in total. The number of rotatable bonds is 6. The molecular formula is C10H14FN2O2OsS. The number of halogens is 1. The molecule has 1 aromatic carbocycles. The summed E-state index contributed by atoms with van der Waals surface area (Å²) in [6.45, 7) is -0.104. The van der Waals surface area contributed by atoms with Crippen molar-refractivity contribution in [1.82, 2.24) is 0 Å². The molecule has 2 N–H and O–H groups in total. The third-order valence-electron chi connectivity index (χ3n) is 2.09. The standard InChI is InChI=1S/C10H14FN2O2S.Os/c11-16(14,15)13-7-6-10(12)8-9-4-2-1-3-5-9;/h1-5,10H,6-8,12H2;/q-1;+1/t10-;/m1./s1. The van der Waals surface area contributed by atoms with Gasteiger partial charge in [0, 0.05) is 6.04 Å². The van der Waals surface area contributed by atoms with Crippen molar-refractivity contribution in [2.75, 3.05) is 6.54 Å². The van der Waals surface area contributed by atoms with Crippen molar-refractivity contribution < 1.29 is 32.1 Å². The maximum Gasteiger partial charge on any atom is 1.00 e. The summed E-state index contributed by atoms with van der Waals surface area (Å²) in [6.07, 6.45) is 0.973. The van der Waals surface area contributed by atoms with Gasteiger partial charge in [-0.15, -0.1) is 10.4 Å². The minimum Gasteiger partial charge on any atom is -0.520 e. The first-order chi connectivity index (χ1) is 7.47. The van der Waals surface area contributed by atoms with Crippen molar-refractivity contribution in [2.45, 2.75) is 18.9 Å². The van der Waals surface area contributed by atoms with E-state index in [0.717, 1.165) is 5.56 Å². The number of nitrogens with zero attached hydrogens (tertiary/aromatic N) is 1. The van der Waals surface area contributed by atoms with Crippen molar-refractivity contribution in [3.05, 3.63) is 40.6 Å². The molecule has 0 aliphatic rings. The fourth-order valence-corrected chi connectivity index (χ4v) is 1.67. The number of benzene rings is 1. The van der Waals surface area contributed by atoms with Crippen LogP contribution in [0.5, 0.6) is 0 Å². The van der Waals surface area contributed by atoms with Crippen LogP contribution < -0.4 is 5.73 Å². The molecule has 7 heteroatoms. The van der Waals surface area contributed by atoms with Gasteiger partial charge in [0.15, 0.2) is 0 Å². The fraction of sp³-hybridized carbons (Fsp3) is 0.400. The number of hydrogen-bond donors (Lipinski definition) is 1. The largest absolute Gasteiger partial charge is 1.00 e. The van der Waals surface area contributed by atoms with Crippen molar-refractivity contribution in [3.8, 4) is 0 Å². The Morgan fingerprint density at radius 2 is 1.88 bits per heavy atom. The normalized spacial score (nSPS) is 12.8. The zero-order valence-corrected chi connectivity index (χ0v) is 12.4. The van der Waals surface area contributed by atoms with Crippen LogP contribution in [-0.4, -0.2) is 21.0 Å². The van der Waals surface area contributed by atoms with E-state index in [1.165, 1.54) is 0 Å². The van der Waals surface area contributed by atoms with Crippen LogP contribution in [0.2, 0.25) is 0 Å². The summed E-state index contributed by atoms with van der Waals surface area (Å²) < 4.78 is 35.1. The summed E-state index contributed by atoms with van der Waals surface area (Å²) in [5.41, 5.74) is 6.83. The monoisotopic (exact) mass is 437 g/mol. The fourth-order valence-electron chi connectivity index (χ4n) is 1.35. The van der Waals surface area contributed by atoms with Crippen LogP contribution >= 0.6 is 0 Å². The second kappa shape index (κ2) is 7.88. The molecule has 1 radical (unpaired) electrons. The van der Waals surface area contributed by atoms with Gasteiger partial charge in [0.25, 0.3) is 0 Å². The van der Waals surface area contributed by atoms with Crippen molar-refractivity contribution in [2.24, 2.45) is 5.73 Å². The zero-order chi connectivity index (χ0) is 12.0. The average Bonchev–Trinajstić information content (AvgIpc) is 2.17. The molecule has 0 bridgehead atoms. The van der Waals surface area contributed by atoms with Gasteiger partial charge in [0.2, 0.25) is 10.4 Å². The van der Waals surface area contributed by atoms with Crippen molar-refractivity contribution in [3.63, 3.8) is 0 Å². The molecular weight excluding hydrogens is 421 g/mol. The van der Waals surface area contributed by atoms with E-state index in [2.05, 4.69) is 4.72 Å². The van der Waals surface area contributed by atoms with Crippen LogP contribution in [0.3, 0.4) is 0 Å². The average molecular weight is 436 g/mol. The van der Waals surface area contributed by atoms with E-state index >= 15 is 0 Å². The minimum atomic E-state index is -4.72. The van der Waals surface area contributed by atoms with Gasteiger partial charge in [-0.2, -0.15) is 0 Å². The molecule has 1 aromatic rings. The summed E-state index contributed by atoms with van der Waals surface area (Å²) in [5.74, 6) is 0. The van der Waals surface area contributed by atoms with E-state index in [1.54, 1.807) is 0 Å². The number of hydrogen-bond acceptors (Lipinski definition) is 3. The van der Waals surface area contributed by atoms with E-state index in [-0.39, 0.29) is 32.4 Å². The Balaban J connectivity index is 0.00000256. The summed E-state index contributed by atoms with van der Waals surface area (Å²) in [7, 11) is -4.72. The minimum absolute atomic E-state index is 0. The summed E-state index contributed by atoms with van der Waals surface area (Å²) >= 11 is 0. The SMILES string of the molecule is N[C@H](CC[N-]S(=O)(=O)F)Cc1ccccc1.[Os+]. The molecule has 0 saturated carbocycles. The number of nitrogens with two attached hydrogens (primary N) is 1. The Morgan fingerprint density at radius 3 is 2.41 bits per heavy atom. The van der Waals surface area contributed by atoms with Gasteiger partial charge in [-0.3, -0.25) is 0 Å². The molecule has 1 atom stereocenters. The predicted molar refractivity (Wildman–Crippen MR) is 61.0 cm³/mol. The van der Waals surface area contributed by atoms with E-state index in [4.69, 9.17) is 5.73 Å². The van der Waals surface area contributed by atoms with Crippen LogP contribution in [0.1, 0.15) is 12.0 Å². The van der Waals surface area contributed by atoms with Gasteiger partial charge in [-0.05, 0) is 12.0 Å². The predicted octanol–water partition coefficient (Wildman–Crippen LogP) is 1.53. The van der Waals surface area contributed by atoms with Crippen LogP contribution in [0.15, 0.2) is 30.3 Å². The zero-order valence-electron chi connectivity index (χ0n) is 9.07. The Bertz CT molecular complexity index is 414. The van der Waals surface area contributed by atoms with E-state index in [1.807, 2.05) is 30.3 Å². The van der Waals surface area contributed by atoms with Crippen LogP contribution in [0, 0.1) is 0 Å². The first kappa shape index (κ1) is 16.7. The van der Waals surface area contributed by atoms with Crippen LogP contribution in [-0.2, 0) is 36.6 Å². The van der Waals surface area contributed by atoms with E-state index < -0.39 is 10.4 Å². The summed E-state index contributed by atoms with van der Waals surface area (Å²) in [6, 6.07) is 9.36. The van der Waals surface area contributed by atoms with E-state index in [0.29, 0.717) is 12.8 Å². The van der Waals surface area contributed by atoms with Crippen LogP contribution in [0.4, 0.5) is 3.89 Å². The molecule has 0 heterocycles. The van der Waals surface area contributed by atoms with Gasteiger partial charge in [0.05, 0.1) is 0 Å². The third kappa shape index (κ3) is 8.39. The Morgan fingerprint density at radius 1 is 1.29 bits per heavy atom. The molecule has 0 spiro atoms. The van der Waals surface area contributed by atoms with Gasteiger partial charge >= 0.3 is 19.8 Å². The Kier molecular flexibility index (Phi) is 7.72. The molecule has 0 unspecified atom stereocenters. The molecule has 0 aliphatic carbocycles. The third-order valence-corrected chi connectivity index (χ3v) is 2.58. The van der Waals surface area contributed by atoms with Gasteiger partial charge < -0.3 is 10.5 Å². The molecule has 17 heavy (non-hydrogen) atoms. The van der Waals surface area contributed by atoms with E-state index in [9.17, 15) is 12.3 Å². The van der Waals surface area contributed by atoms with Gasteiger partial charge in [0.1, 0.15) is 0 Å². The second-order valence-corrected chi connectivity index (χ2v) is 4.59. The molecule has 97 valence electrons. The van der Waals surface area contributed by atoms with Crippen LogP contribution in [0.25, 0.3) is 4.72 Å². The first-order valence-corrected chi connectivity index (χ1v) is 6.24. The smallest absolute Gasteiger partial charge is 0.520 e. The van der Waals surface area contributed by atoms with Gasteiger partial charge in [-0.25, -0.2) is 8.42 Å². The topological polar surface area (TPSA) is 74.3 Å². The molecule has 0 aliphatic heterocycles. The Labute approximate surface area is 114 Å². The Hall–Kier alpha value is -0.344. The van der Waals surface area contributed by atoms with Gasteiger partial charge in [-0.1, -0.05) is 36.8 Å². The van der Waals surface area contributed by atoms with Crippen molar-refractivity contribution >= 4 is 10.4 Å². The maximum atomic E-state index is 12.0. The first-order valence-electron chi connectivity index (χ1n) is 4.90. The summed E-state index contributed by atoms with van der Waals surface area (Å²) in [5, 5.41) is 0. The summed E-state index contributed by atoms with van der Waals surface area (Å²) in [4.78, 5) is 0. The second-order valence-electron chi connectivity index (χ2n) is 3.50. The molecule has 0 saturated heterocycles. The molecule has 1 rings (SSSR count).